The van der Waals surface area contributed by atoms with Crippen molar-refractivity contribution in [2.45, 2.75) is 25.3 Å². The van der Waals surface area contributed by atoms with Crippen LogP contribution in [0.2, 0.25) is 0 Å². The lowest BCUT2D eigenvalue weighted by Crippen LogP contribution is -2.30. The van der Waals surface area contributed by atoms with E-state index in [0.717, 1.165) is 32.7 Å². The van der Waals surface area contributed by atoms with Crippen molar-refractivity contribution in [3.63, 3.8) is 0 Å². The Kier molecular flexibility index (Phi) is 4.91. The summed E-state index contributed by atoms with van der Waals surface area (Å²) >= 11 is 5.51. The Bertz CT molecular complexity index is 380. The van der Waals surface area contributed by atoms with Crippen molar-refractivity contribution in [2.75, 3.05) is 26.2 Å². The van der Waals surface area contributed by atoms with E-state index in [-0.39, 0.29) is 0 Å². The molecule has 0 N–H and O–H groups in total. The van der Waals surface area contributed by atoms with Crippen molar-refractivity contribution in [1.82, 2.24) is 9.21 Å². The SMILES string of the molecule is CCN(CC)CCN1Cc2cccc(Br)c2S1. The van der Waals surface area contributed by atoms with E-state index in [1.165, 1.54) is 14.9 Å². The van der Waals surface area contributed by atoms with E-state index in [1.54, 1.807) is 0 Å². The van der Waals surface area contributed by atoms with E-state index in [2.05, 4.69) is 57.2 Å². The van der Waals surface area contributed by atoms with Crippen LogP contribution in [0, 0.1) is 0 Å². The van der Waals surface area contributed by atoms with Crippen molar-refractivity contribution in [3.8, 4) is 0 Å². The van der Waals surface area contributed by atoms with Crippen LogP contribution in [-0.4, -0.2) is 35.4 Å². The smallest absolute Gasteiger partial charge is 0.0418 e. The molecule has 0 fully saturated rings. The van der Waals surface area contributed by atoms with Gasteiger partial charge in [0.1, 0.15) is 0 Å². The number of likely N-dealkylation sites (N-methyl/N-ethyl adjacent to an activating group) is 1. The fourth-order valence-corrected chi connectivity index (χ4v) is 3.71. The lowest BCUT2D eigenvalue weighted by atomic mass is 10.2. The van der Waals surface area contributed by atoms with Gasteiger partial charge in [0.15, 0.2) is 0 Å². The number of halogens is 1. The van der Waals surface area contributed by atoms with E-state index in [4.69, 9.17) is 0 Å². The summed E-state index contributed by atoms with van der Waals surface area (Å²) in [6.45, 7) is 10.1. The van der Waals surface area contributed by atoms with E-state index in [1.807, 2.05) is 11.9 Å². The molecule has 0 radical (unpaired) electrons. The molecular formula is C13H19BrN2S. The standard InChI is InChI=1S/C13H19BrN2S/c1-3-15(4-2)8-9-16-10-11-6-5-7-12(14)13(11)17-16/h5-7H,3-4,8-10H2,1-2H3. The Morgan fingerprint density at radius 2 is 2.12 bits per heavy atom. The normalized spacial score (nSPS) is 15.5. The van der Waals surface area contributed by atoms with Crippen LogP contribution in [0.1, 0.15) is 19.4 Å². The van der Waals surface area contributed by atoms with Gasteiger partial charge in [0, 0.05) is 29.0 Å². The molecule has 4 heteroatoms. The summed E-state index contributed by atoms with van der Waals surface area (Å²) in [5.41, 5.74) is 1.45. The maximum Gasteiger partial charge on any atom is 0.0418 e. The first-order valence-electron chi connectivity index (χ1n) is 6.17. The molecule has 2 nitrogen and oxygen atoms in total. The van der Waals surface area contributed by atoms with Crippen LogP contribution in [0.15, 0.2) is 27.6 Å². The Morgan fingerprint density at radius 3 is 2.76 bits per heavy atom. The van der Waals surface area contributed by atoms with Gasteiger partial charge in [-0.1, -0.05) is 26.0 Å². The third-order valence-corrected chi connectivity index (χ3v) is 5.33. The van der Waals surface area contributed by atoms with Crippen LogP contribution in [0.5, 0.6) is 0 Å². The first kappa shape index (κ1) is 13.4. The van der Waals surface area contributed by atoms with Gasteiger partial charge in [-0.05, 0) is 52.6 Å². The zero-order valence-corrected chi connectivity index (χ0v) is 12.9. The number of hydrogen-bond acceptors (Lipinski definition) is 3. The molecule has 94 valence electrons. The molecule has 0 amide bonds. The van der Waals surface area contributed by atoms with Gasteiger partial charge >= 0.3 is 0 Å². The molecule has 0 saturated carbocycles. The van der Waals surface area contributed by atoms with Crippen molar-refractivity contribution in [3.05, 3.63) is 28.2 Å². The van der Waals surface area contributed by atoms with Gasteiger partial charge in [-0.25, -0.2) is 4.31 Å². The van der Waals surface area contributed by atoms with E-state index < -0.39 is 0 Å². The van der Waals surface area contributed by atoms with Crippen molar-refractivity contribution in [1.29, 1.82) is 0 Å². The monoisotopic (exact) mass is 314 g/mol. The van der Waals surface area contributed by atoms with Crippen LogP contribution in [0.4, 0.5) is 0 Å². The molecule has 2 rings (SSSR count). The quantitative estimate of drug-likeness (QED) is 0.767. The number of benzene rings is 1. The summed E-state index contributed by atoms with van der Waals surface area (Å²) in [6.07, 6.45) is 0. The topological polar surface area (TPSA) is 6.48 Å². The average Bonchev–Trinajstić information content (AvgIpc) is 2.75. The maximum absolute atomic E-state index is 3.62. The third-order valence-electron chi connectivity index (χ3n) is 3.18. The van der Waals surface area contributed by atoms with E-state index in [0.29, 0.717) is 0 Å². The average molecular weight is 315 g/mol. The van der Waals surface area contributed by atoms with Gasteiger partial charge in [0.2, 0.25) is 0 Å². The molecule has 0 aliphatic carbocycles. The molecule has 0 aromatic heterocycles. The van der Waals surface area contributed by atoms with Crippen molar-refractivity contribution >= 4 is 27.9 Å². The molecule has 1 aromatic rings. The van der Waals surface area contributed by atoms with Crippen LogP contribution in [0.25, 0.3) is 0 Å². The zero-order valence-electron chi connectivity index (χ0n) is 10.4. The number of fused-ring (bicyclic) bond motifs is 1. The Hall–Kier alpha value is -0.0300. The molecular weight excluding hydrogens is 296 g/mol. The molecule has 0 spiro atoms. The third kappa shape index (κ3) is 3.25. The second-order valence-corrected chi connectivity index (χ2v) is 6.17. The van der Waals surface area contributed by atoms with Crippen molar-refractivity contribution in [2.24, 2.45) is 0 Å². The molecule has 0 saturated heterocycles. The van der Waals surface area contributed by atoms with Gasteiger partial charge in [-0.3, -0.25) is 0 Å². The highest BCUT2D eigenvalue weighted by atomic mass is 79.9. The first-order chi connectivity index (χ1) is 8.24. The molecule has 0 bridgehead atoms. The molecule has 0 unspecified atom stereocenters. The summed E-state index contributed by atoms with van der Waals surface area (Å²) in [6, 6.07) is 6.47. The lowest BCUT2D eigenvalue weighted by Gasteiger charge is -2.21. The minimum absolute atomic E-state index is 1.07. The predicted octanol–water partition coefficient (Wildman–Crippen LogP) is 3.61. The highest BCUT2D eigenvalue weighted by Crippen LogP contribution is 2.40. The second-order valence-electron chi connectivity index (χ2n) is 4.21. The summed E-state index contributed by atoms with van der Waals surface area (Å²) in [5, 5.41) is 0. The van der Waals surface area contributed by atoms with Crippen LogP contribution >= 0.6 is 27.9 Å². The molecule has 1 aliphatic rings. The molecule has 0 atom stereocenters. The Labute approximate surface area is 117 Å². The highest BCUT2D eigenvalue weighted by Gasteiger charge is 2.21. The minimum Gasteiger partial charge on any atom is -0.303 e. The van der Waals surface area contributed by atoms with Crippen LogP contribution < -0.4 is 0 Å². The van der Waals surface area contributed by atoms with Gasteiger partial charge < -0.3 is 4.90 Å². The number of nitrogens with zero attached hydrogens (tertiary/aromatic N) is 2. The minimum atomic E-state index is 1.07. The zero-order chi connectivity index (χ0) is 12.3. The van der Waals surface area contributed by atoms with Gasteiger partial charge in [0.05, 0.1) is 0 Å². The largest absolute Gasteiger partial charge is 0.303 e. The number of hydrogen-bond donors (Lipinski definition) is 0. The lowest BCUT2D eigenvalue weighted by molar-refractivity contribution is 0.278. The molecule has 1 aliphatic heterocycles. The fourth-order valence-electron chi connectivity index (χ4n) is 2.05. The van der Waals surface area contributed by atoms with E-state index >= 15 is 0 Å². The van der Waals surface area contributed by atoms with Crippen LogP contribution in [0.3, 0.4) is 0 Å². The molecule has 17 heavy (non-hydrogen) atoms. The van der Waals surface area contributed by atoms with Crippen LogP contribution in [-0.2, 0) is 6.54 Å². The van der Waals surface area contributed by atoms with Gasteiger partial charge in [-0.15, -0.1) is 0 Å². The predicted molar refractivity (Wildman–Crippen MR) is 78.2 cm³/mol. The summed E-state index contributed by atoms with van der Waals surface area (Å²) in [5.74, 6) is 0. The van der Waals surface area contributed by atoms with E-state index in [9.17, 15) is 0 Å². The maximum atomic E-state index is 3.62. The first-order valence-corrected chi connectivity index (χ1v) is 7.73. The summed E-state index contributed by atoms with van der Waals surface area (Å²) < 4.78 is 3.68. The summed E-state index contributed by atoms with van der Waals surface area (Å²) in [4.78, 5) is 3.87. The Balaban J connectivity index is 1.90. The fraction of sp³-hybridized carbons (Fsp3) is 0.538. The van der Waals surface area contributed by atoms with Gasteiger partial charge in [0.25, 0.3) is 0 Å². The summed E-state index contributed by atoms with van der Waals surface area (Å²) in [7, 11) is 0. The van der Waals surface area contributed by atoms with Crippen molar-refractivity contribution < 1.29 is 0 Å². The molecule has 1 heterocycles. The van der Waals surface area contributed by atoms with Gasteiger partial charge in [-0.2, -0.15) is 0 Å². The Morgan fingerprint density at radius 1 is 1.35 bits per heavy atom. The number of rotatable bonds is 5. The second kappa shape index (κ2) is 6.23. The highest BCUT2D eigenvalue weighted by molar-refractivity contribution is 9.10. The molecule has 1 aromatic carbocycles.